The van der Waals surface area contributed by atoms with Crippen LogP contribution in [0, 0.1) is 5.92 Å². The van der Waals surface area contributed by atoms with E-state index in [0.29, 0.717) is 22.3 Å². The summed E-state index contributed by atoms with van der Waals surface area (Å²) in [7, 11) is 0. The highest BCUT2D eigenvalue weighted by Crippen LogP contribution is 2.30. The van der Waals surface area contributed by atoms with E-state index in [1.807, 2.05) is 0 Å². The third-order valence-electron chi connectivity index (χ3n) is 2.86. The van der Waals surface area contributed by atoms with E-state index in [2.05, 4.69) is 10.3 Å². The largest absolute Gasteiger partial charge is 0.478 e. The predicted molar refractivity (Wildman–Crippen MR) is 69.4 cm³/mol. The lowest BCUT2D eigenvalue weighted by molar-refractivity contribution is -0.131. The molecule has 0 bridgehead atoms. The standard InChI is InChI=1S/C12H14N2O3S/c15-10(6-8-2-1-3-8)14-12-13-7-9(18-12)4-5-11(16)17/h4-5,7-8H,1-3,6H2,(H,16,17)(H,13,14,15)/b5-4+. The van der Waals surface area contributed by atoms with E-state index in [0.717, 1.165) is 18.9 Å². The Balaban J connectivity index is 1.85. The van der Waals surface area contributed by atoms with Crippen LogP contribution in [0.1, 0.15) is 30.6 Å². The molecule has 1 fully saturated rings. The number of nitrogens with one attached hydrogen (secondary N) is 1. The number of amides is 1. The van der Waals surface area contributed by atoms with Crippen molar-refractivity contribution >= 4 is 34.4 Å². The van der Waals surface area contributed by atoms with Crippen LogP contribution >= 0.6 is 11.3 Å². The Morgan fingerprint density at radius 3 is 2.94 bits per heavy atom. The highest BCUT2D eigenvalue weighted by Gasteiger charge is 2.20. The molecule has 1 aromatic heterocycles. The first-order valence-electron chi connectivity index (χ1n) is 5.80. The van der Waals surface area contributed by atoms with Crippen LogP contribution in [0.2, 0.25) is 0 Å². The summed E-state index contributed by atoms with van der Waals surface area (Å²) in [5.74, 6) is -0.488. The summed E-state index contributed by atoms with van der Waals surface area (Å²) in [5.41, 5.74) is 0. The molecule has 2 N–H and O–H groups in total. The highest BCUT2D eigenvalue weighted by atomic mass is 32.1. The number of thiazole rings is 1. The van der Waals surface area contributed by atoms with E-state index >= 15 is 0 Å². The molecule has 96 valence electrons. The van der Waals surface area contributed by atoms with Crippen molar-refractivity contribution in [3.05, 3.63) is 17.2 Å². The van der Waals surface area contributed by atoms with Crippen LogP contribution in [0.3, 0.4) is 0 Å². The number of hydrogen-bond donors (Lipinski definition) is 2. The number of rotatable bonds is 5. The van der Waals surface area contributed by atoms with Gasteiger partial charge in [-0.15, -0.1) is 0 Å². The van der Waals surface area contributed by atoms with E-state index in [4.69, 9.17) is 5.11 Å². The van der Waals surface area contributed by atoms with Gasteiger partial charge in [-0.25, -0.2) is 9.78 Å². The third kappa shape index (κ3) is 3.66. The number of aliphatic carboxylic acids is 1. The summed E-state index contributed by atoms with van der Waals surface area (Å²) in [6.07, 6.45) is 8.10. The lowest BCUT2D eigenvalue weighted by Gasteiger charge is -2.24. The smallest absolute Gasteiger partial charge is 0.328 e. The second kappa shape index (κ2) is 5.77. The number of carboxylic acids is 1. The van der Waals surface area contributed by atoms with Crippen molar-refractivity contribution in [2.45, 2.75) is 25.7 Å². The normalized spacial score (nSPS) is 15.6. The average molecular weight is 266 g/mol. The summed E-state index contributed by atoms with van der Waals surface area (Å²) in [6.45, 7) is 0. The van der Waals surface area contributed by atoms with Crippen LogP contribution in [0.15, 0.2) is 12.3 Å². The lowest BCUT2D eigenvalue weighted by Crippen LogP contribution is -2.20. The molecule has 1 aliphatic rings. The lowest BCUT2D eigenvalue weighted by atomic mass is 9.83. The van der Waals surface area contributed by atoms with Crippen LogP contribution in [-0.2, 0) is 9.59 Å². The van der Waals surface area contributed by atoms with Gasteiger partial charge in [-0.2, -0.15) is 0 Å². The van der Waals surface area contributed by atoms with E-state index in [1.165, 1.54) is 23.8 Å². The molecule has 1 aliphatic carbocycles. The van der Waals surface area contributed by atoms with Crippen LogP contribution in [0.5, 0.6) is 0 Å². The van der Waals surface area contributed by atoms with Crippen LogP contribution in [0.25, 0.3) is 6.08 Å². The van der Waals surface area contributed by atoms with Gasteiger partial charge in [0.25, 0.3) is 0 Å². The van der Waals surface area contributed by atoms with Crippen LogP contribution < -0.4 is 5.32 Å². The maximum Gasteiger partial charge on any atom is 0.328 e. The summed E-state index contributed by atoms with van der Waals surface area (Å²) < 4.78 is 0. The minimum absolute atomic E-state index is 0.0113. The molecule has 1 amide bonds. The Morgan fingerprint density at radius 1 is 1.56 bits per heavy atom. The Morgan fingerprint density at radius 2 is 2.33 bits per heavy atom. The maximum absolute atomic E-state index is 11.6. The van der Waals surface area contributed by atoms with Gasteiger partial charge >= 0.3 is 5.97 Å². The van der Waals surface area contributed by atoms with E-state index in [-0.39, 0.29) is 5.91 Å². The first-order valence-corrected chi connectivity index (χ1v) is 6.62. The van der Waals surface area contributed by atoms with Gasteiger partial charge < -0.3 is 10.4 Å². The summed E-state index contributed by atoms with van der Waals surface area (Å²) >= 11 is 1.26. The summed E-state index contributed by atoms with van der Waals surface area (Å²) in [6, 6.07) is 0. The van der Waals surface area contributed by atoms with Crippen molar-refractivity contribution in [2.75, 3.05) is 5.32 Å². The molecule has 0 spiro atoms. The van der Waals surface area contributed by atoms with Crippen molar-refractivity contribution < 1.29 is 14.7 Å². The molecular formula is C12H14N2O3S. The minimum atomic E-state index is -1.00. The first kappa shape index (κ1) is 12.8. The van der Waals surface area contributed by atoms with Gasteiger partial charge in [-0.1, -0.05) is 17.8 Å². The molecule has 5 nitrogen and oxygen atoms in total. The summed E-state index contributed by atoms with van der Waals surface area (Å²) in [5, 5.41) is 11.7. The van der Waals surface area contributed by atoms with Gasteiger partial charge in [0.1, 0.15) is 0 Å². The number of aromatic nitrogens is 1. The van der Waals surface area contributed by atoms with Gasteiger partial charge in [0.2, 0.25) is 5.91 Å². The van der Waals surface area contributed by atoms with Gasteiger partial charge in [0, 0.05) is 23.6 Å². The van der Waals surface area contributed by atoms with Gasteiger partial charge in [-0.05, 0) is 24.8 Å². The SMILES string of the molecule is O=C(O)/C=C/c1cnc(NC(=O)CC2CCC2)s1. The second-order valence-electron chi connectivity index (χ2n) is 4.29. The van der Waals surface area contributed by atoms with Crippen LogP contribution in [-0.4, -0.2) is 22.0 Å². The van der Waals surface area contributed by atoms with E-state index in [1.54, 1.807) is 6.20 Å². The monoisotopic (exact) mass is 266 g/mol. The van der Waals surface area contributed by atoms with Crippen molar-refractivity contribution in [1.82, 2.24) is 4.98 Å². The van der Waals surface area contributed by atoms with Crippen LogP contribution in [0.4, 0.5) is 5.13 Å². The fraction of sp³-hybridized carbons (Fsp3) is 0.417. The zero-order chi connectivity index (χ0) is 13.0. The molecule has 0 unspecified atom stereocenters. The van der Waals surface area contributed by atoms with Crippen molar-refractivity contribution in [1.29, 1.82) is 0 Å². The molecule has 6 heteroatoms. The fourth-order valence-electron chi connectivity index (χ4n) is 1.70. The molecule has 0 atom stereocenters. The summed E-state index contributed by atoms with van der Waals surface area (Å²) in [4.78, 5) is 26.7. The Labute approximate surface area is 109 Å². The van der Waals surface area contributed by atoms with Crippen molar-refractivity contribution in [2.24, 2.45) is 5.92 Å². The van der Waals surface area contributed by atoms with E-state index in [9.17, 15) is 9.59 Å². The highest BCUT2D eigenvalue weighted by molar-refractivity contribution is 7.16. The zero-order valence-electron chi connectivity index (χ0n) is 9.76. The molecular weight excluding hydrogens is 252 g/mol. The molecule has 18 heavy (non-hydrogen) atoms. The molecule has 1 aromatic rings. The van der Waals surface area contributed by atoms with Gasteiger partial charge in [0.05, 0.1) is 0 Å². The van der Waals surface area contributed by atoms with Gasteiger partial charge in [-0.3, -0.25) is 4.79 Å². The zero-order valence-corrected chi connectivity index (χ0v) is 10.6. The predicted octanol–water partition coefficient (Wildman–Crippen LogP) is 2.37. The Kier molecular flexibility index (Phi) is 4.09. The number of hydrogen-bond acceptors (Lipinski definition) is 4. The number of anilines is 1. The number of carbonyl (C=O) groups excluding carboxylic acids is 1. The topological polar surface area (TPSA) is 79.3 Å². The van der Waals surface area contributed by atoms with Crippen molar-refractivity contribution in [3.8, 4) is 0 Å². The number of carboxylic acid groups (broad SMARTS) is 1. The Bertz CT molecular complexity index is 477. The second-order valence-corrected chi connectivity index (χ2v) is 5.35. The molecule has 2 rings (SSSR count). The maximum atomic E-state index is 11.6. The molecule has 1 heterocycles. The number of carbonyl (C=O) groups is 2. The minimum Gasteiger partial charge on any atom is -0.478 e. The molecule has 0 aromatic carbocycles. The average Bonchev–Trinajstić information content (AvgIpc) is 2.68. The number of nitrogens with zero attached hydrogens (tertiary/aromatic N) is 1. The molecule has 0 aliphatic heterocycles. The Hall–Kier alpha value is -1.69. The quantitative estimate of drug-likeness (QED) is 0.802. The fourth-order valence-corrected chi connectivity index (χ4v) is 2.44. The van der Waals surface area contributed by atoms with Gasteiger partial charge in [0.15, 0.2) is 5.13 Å². The molecule has 0 saturated heterocycles. The third-order valence-corrected chi connectivity index (χ3v) is 3.74. The first-order chi connectivity index (χ1) is 8.63. The van der Waals surface area contributed by atoms with E-state index < -0.39 is 5.97 Å². The molecule has 0 radical (unpaired) electrons. The molecule has 1 saturated carbocycles. The van der Waals surface area contributed by atoms with Crippen molar-refractivity contribution in [3.63, 3.8) is 0 Å².